The fourth-order valence-electron chi connectivity index (χ4n) is 3.45. The van der Waals surface area contributed by atoms with Gasteiger partial charge in [-0.05, 0) is 55.7 Å². The largest absolute Gasteiger partial charge is 0.361 e. The first kappa shape index (κ1) is 19.9. The average molecular weight is 383 g/mol. The molecule has 1 aromatic heterocycles. The topological polar surface area (TPSA) is 102 Å². The van der Waals surface area contributed by atoms with E-state index in [0.29, 0.717) is 29.7 Å². The van der Waals surface area contributed by atoms with E-state index in [1.54, 1.807) is 30.6 Å². The van der Waals surface area contributed by atoms with Gasteiger partial charge in [0.2, 0.25) is 0 Å². The summed E-state index contributed by atoms with van der Waals surface area (Å²) in [5.74, 6) is -0.663. The monoisotopic (exact) mass is 383 g/mol. The average Bonchev–Trinajstić information content (AvgIpc) is 2.74. The summed E-state index contributed by atoms with van der Waals surface area (Å²) >= 11 is 0. The van der Waals surface area contributed by atoms with E-state index in [0.717, 1.165) is 22.5 Å². The number of rotatable bonds is 5. The number of pyridine rings is 1. The van der Waals surface area contributed by atoms with E-state index in [9.17, 15) is 15.3 Å². The lowest BCUT2D eigenvalue weighted by atomic mass is 9.81. The van der Waals surface area contributed by atoms with E-state index in [4.69, 9.17) is 0 Å². The van der Waals surface area contributed by atoms with Crippen molar-refractivity contribution in [3.05, 3.63) is 88.0 Å². The second-order valence-corrected chi connectivity index (χ2v) is 6.85. The molecule has 1 aliphatic heterocycles. The Balaban J connectivity index is 1.81. The molecule has 0 bridgehead atoms. The lowest BCUT2D eigenvalue weighted by Gasteiger charge is -2.26. The van der Waals surface area contributed by atoms with Gasteiger partial charge in [-0.2, -0.15) is 10.5 Å². The SMILES string of the molecule is CC1=C(C#N)C(c2cccc(C(=O)NCCc3ccncc3)c2)C(C#N)=C(C)N1. The first-order valence-corrected chi connectivity index (χ1v) is 9.31. The molecule has 2 aromatic rings. The summed E-state index contributed by atoms with van der Waals surface area (Å²) in [5.41, 5.74) is 4.77. The molecule has 29 heavy (non-hydrogen) atoms. The molecule has 0 saturated heterocycles. The number of carbonyl (C=O) groups excluding carboxylic acids is 1. The Kier molecular flexibility index (Phi) is 6.06. The predicted octanol–water partition coefficient (Wildman–Crippen LogP) is 3.34. The fourth-order valence-corrected chi connectivity index (χ4v) is 3.45. The van der Waals surface area contributed by atoms with Crippen molar-refractivity contribution in [3.8, 4) is 12.1 Å². The molecule has 1 aliphatic rings. The van der Waals surface area contributed by atoms with Gasteiger partial charge in [-0.15, -0.1) is 0 Å². The van der Waals surface area contributed by atoms with Crippen LogP contribution in [0.4, 0.5) is 0 Å². The van der Waals surface area contributed by atoms with Gasteiger partial charge in [0.1, 0.15) is 0 Å². The first-order valence-electron chi connectivity index (χ1n) is 9.31. The smallest absolute Gasteiger partial charge is 0.251 e. The summed E-state index contributed by atoms with van der Waals surface area (Å²) in [4.78, 5) is 16.6. The van der Waals surface area contributed by atoms with E-state index in [1.165, 1.54) is 0 Å². The van der Waals surface area contributed by atoms with Gasteiger partial charge in [0.05, 0.1) is 29.2 Å². The number of hydrogen-bond acceptors (Lipinski definition) is 5. The molecule has 2 N–H and O–H groups in total. The number of allylic oxidation sites excluding steroid dienone is 4. The maximum atomic E-state index is 12.6. The van der Waals surface area contributed by atoms with Crippen LogP contribution in [0.25, 0.3) is 0 Å². The number of benzene rings is 1. The van der Waals surface area contributed by atoms with Crippen LogP contribution in [0.5, 0.6) is 0 Å². The van der Waals surface area contributed by atoms with Crippen LogP contribution in [0.15, 0.2) is 71.3 Å². The standard InChI is InChI=1S/C23H21N5O/c1-15-20(13-24)22(21(14-25)16(2)28-15)18-4-3-5-19(12-18)23(29)27-11-8-17-6-9-26-10-7-17/h3-7,9-10,12,22,28H,8,11H2,1-2H3,(H,27,29). The second kappa shape index (κ2) is 8.86. The molecule has 6 nitrogen and oxygen atoms in total. The van der Waals surface area contributed by atoms with Crippen molar-refractivity contribution in [2.75, 3.05) is 6.54 Å². The summed E-state index contributed by atoms with van der Waals surface area (Å²) in [6.07, 6.45) is 4.16. The zero-order valence-electron chi connectivity index (χ0n) is 16.4. The third kappa shape index (κ3) is 4.34. The van der Waals surface area contributed by atoms with Crippen molar-refractivity contribution in [2.24, 2.45) is 0 Å². The number of nitrogens with one attached hydrogen (secondary N) is 2. The van der Waals surface area contributed by atoms with Crippen LogP contribution in [-0.4, -0.2) is 17.4 Å². The zero-order chi connectivity index (χ0) is 20.8. The minimum atomic E-state index is -0.476. The van der Waals surface area contributed by atoms with Crippen LogP contribution in [0, 0.1) is 22.7 Å². The Morgan fingerprint density at radius 1 is 1.10 bits per heavy atom. The van der Waals surface area contributed by atoms with E-state index < -0.39 is 5.92 Å². The van der Waals surface area contributed by atoms with Crippen LogP contribution in [0.3, 0.4) is 0 Å². The minimum absolute atomic E-state index is 0.187. The van der Waals surface area contributed by atoms with Gasteiger partial charge >= 0.3 is 0 Å². The van der Waals surface area contributed by atoms with Gasteiger partial charge in [0.25, 0.3) is 5.91 Å². The Hall–Kier alpha value is -3.90. The van der Waals surface area contributed by atoms with E-state index >= 15 is 0 Å². The van der Waals surface area contributed by atoms with Crippen LogP contribution in [0.1, 0.15) is 41.3 Å². The highest BCUT2D eigenvalue weighted by Gasteiger charge is 2.29. The lowest BCUT2D eigenvalue weighted by Crippen LogP contribution is -2.26. The van der Waals surface area contributed by atoms with Crippen molar-refractivity contribution in [1.29, 1.82) is 10.5 Å². The molecule has 144 valence electrons. The zero-order valence-corrected chi connectivity index (χ0v) is 16.4. The number of nitriles is 2. The Morgan fingerprint density at radius 3 is 2.38 bits per heavy atom. The molecule has 1 amide bonds. The Labute approximate surface area is 170 Å². The van der Waals surface area contributed by atoms with Gasteiger partial charge in [-0.25, -0.2) is 0 Å². The van der Waals surface area contributed by atoms with Gasteiger partial charge in [-0.1, -0.05) is 12.1 Å². The predicted molar refractivity (Wildman–Crippen MR) is 109 cm³/mol. The molecule has 2 heterocycles. The number of hydrogen-bond donors (Lipinski definition) is 2. The molecule has 0 spiro atoms. The first-order chi connectivity index (χ1) is 14.0. The van der Waals surface area contributed by atoms with Crippen molar-refractivity contribution in [2.45, 2.75) is 26.2 Å². The van der Waals surface area contributed by atoms with Gasteiger partial charge in [0, 0.05) is 35.9 Å². The van der Waals surface area contributed by atoms with Gasteiger partial charge in [0.15, 0.2) is 0 Å². The molecule has 6 heteroatoms. The number of carbonyl (C=O) groups is 1. The van der Waals surface area contributed by atoms with Crippen molar-refractivity contribution < 1.29 is 4.79 Å². The molecule has 0 radical (unpaired) electrons. The molecular weight excluding hydrogens is 362 g/mol. The van der Waals surface area contributed by atoms with Gasteiger partial charge in [-0.3, -0.25) is 9.78 Å². The lowest BCUT2D eigenvalue weighted by molar-refractivity contribution is 0.0954. The quantitative estimate of drug-likeness (QED) is 0.824. The van der Waals surface area contributed by atoms with Crippen molar-refractivity contribution in [1.82, 2.24) is 15.6 Å². The molecule has 0 aliphatic carbocycles. The maximum Gasteiger partial charge on any atom is 0.251 e. The number of amides is 1. The van der Waals surface area contributed by atoms with Crippen LogP contribution in [-0.2, 0) is 6.42 Å². The Morgan fingerprint density at radius 2 is 1.76 bits per heavy atom. The van der Waals surface area contributed by atoms with E-state index in [-0.39, 0.29) is 5.91 Å². The molecule has 0 saturated carbocycles. The van der Waals surface area contributed by atoms with Crippen LogP contribution >= 0.6 is 0 Å². The highest BCUT2D eigenvalue weighted by atomic mass is 16.1. The van der Waals surface area contributed by atoms with Gasteiger partial charge < -0.3 is 10.6 Å². The van der Waals surface area contributed by atoms with Crippen LogP contribution in [0.2, 0.25) is 0 Å². The fraction of sp³-hybridized carbons (Fsp3) is 0.217. The third-order valence-corrected chi connectivity index (χ3v) is 4.93. The number of dihydropyridines is 1. The molecular formula is C23H21N5O. The van der Waals surface area contributed by atoms with E-state index in [2.05, 4.69) is 27.8 Å². The molecule has 0 fully saturated rings. The summed E-state index contributed by atoms with van der Waals surface area (Å²) in [5, 5.41) is 25.3. The highest BCUT2D eigenvalue weighted by molar-refractivity contribution is 5.94. The van der Waals surface area contributed by atoms with E-state index in [1.807, 2.05) is 32.0 Å². The Bertz CT molecular complexity index is 1030. The molecule has 0 atom stereocenters. The second-order valence-electron chi connectivity index (χ2n) is 6.85. The molecule has 3 rings (SSSR count). The molecule has 1 aromatic carbocycles. The maximum absolute atomic E-state index is 12.6. The number of aromatic nitrogens is 1. The van der Waals surface area contributed by atoms with Crippen molar-refractivity contribution in [3.63, 3.8) is 0 Å². The third-order valence-electron chi connectivity index (χ3n) is 4.93. The normalized spacial score (nSPS) is 14.1. The summed E-state index contributed by atoms with van der Waals surface area (Å²) in [6.45, 7) is 4.14. The number of nitrogens with zero attached hydrogens (tertiary/aromatic N) is 3. The summed E-state index contributed by atoms with van der Waals surface area (Å²) in [7, 11) is 0. The van der Waals surface area contributed by atoms with Crippen molar-refractivity contribution >= 4 is 5.91 Å². The summed E-state index contributed by atoms with van der Waals surface area (Å²) in [6, 6.07) is 15.4. The highest BCUT2D eigenvalue weighted by Crippen LogP contribution is 2.37. The minimum Gasteiger partial charge on any atom is -0.361 e. The summed E-state index contributed by atoms with van der Waals surface area (Å²) < 4.78 is 0. The molecule has 0 unspecified atom stereocenters. The van der Waals surface area contributed by atoms with Crippen LogP contribution < -0.4 is 10.6 Å².